The van der Waals surface area contributed by atoms with Gasteiger partial charge in [-0.25, -0.2) is 0 Å². The molecule has 20 heavy (non-hydrogen) atoms. The number of aliphatic hydroxyl groups excluding tert-OH is 1. The van der Waals surface area contributed by atoms with E-state index in [1.165, 1.54) is 36.8 Å². The summed E-state index contributed by atoms with van der Waals surface area (Å²) in [6.07, 6.45) is 4.92. The normalized spacial score (nSPS) is 19.2. The third kappa shape index (κ3) is 4.32. The lowest BCUT2D eigenvalue weighted by Crippen LogP contribution is -2.36. The van der Waals surface area contributed by atoms with Gasteiger partial charge < -0.3 is 10.0 Å². The van der Waals surface area contributed by atoms with E-state index in [1.54, 1.807) is 0 Å². The highest BCUT2D eigenvalue weighted by atomic mass is 16.3. The number of aliphatic hydroxyl groups is 1. The molecule has 0 spiro atoms. The van der Waals surface area contributed by atoms with Gasteiger partial charge in [-0.15, -0.1) is 0 Å². The highest BCUT2D eigenvalue weighted by Crippen LogP contribution is 2.24. The molecule has 1 aromatic rings. The molecule has 1 atom stereocenters. The Morgan fingerprint density at radius 3 is 2.30 bits per heavy atom. The van der Waals surface area contributed by atoms with Gasteiger partial charge in [-0.05, 0) is 51.3 Å². The molecular weight excluding hydrogens is 246 g/mol. The highest BCUT2D eigenvalue weighted by molar-refractivity contribution is 5.30. The van der Waals surface area contributed by atoms with Crippen molar-refractivity contribution < 1.29 is 5.11 Å². The number of likely N-dealkylation sites (tertiary alicyclic amines) is 1. The number of piperidine rings is 1. The van der Waals surface area contributed by atoms with Crippen molar-refractivity contribution in [3.63, 3.8) is 0 Å². The molecule has 112 valence electrons. The molecule has 2 heteroatoms. The van der Waals surface area contributed by atoms with Crippen molar-refractivity contribution in [2.24, 2.45) is 5.92 Å². The lowest BCUT2D eigenvalue weighted by Gasteiger charge is -2.33. The first-order valence-electron chi connectivity index (χ1n) is 8.07. The second kappa shape index (κ2) is 7.24. The number of aryl methyl sites for hydroxylation is 2. The van der Waals surface area contributed by atoms with E-state index in [-0.39, 0.29) is 6.10 Å². The average molecular weight is 275 g/mol. The Kier molecular flexibility index (Phi) is 5.62. The summed E-state index contributed by atoms with van der Waals surface area (Å²) >= 11 is 0. The predicted molar refractivity (Wildman–Crippen MR) is 84.9 cm³/mol. The molecule has 1 aromatic carbocycles. The Morgan fingerprint density at radius 1 is 1.15 bits per heavy atom. The molecule has 1 aliphatic rings. The first-order chi connectivity index (χ1) is 9.58. The summed E-state index contributed by atoms with van der Waals surface area (Å²) in [5, 5.41) is 10.4. The van der Waals surface area contributed by atoms with Crippen LogP contribution in [0.3, 0.4) is 0 Å². The Labute approximate surface area is 123 Å². The molecule has 0 aromatic heterocycles. The summed E-state index contributed by atoms with van der Waals surface area (Å²) in [7, 11) is 0. The van der Waals surface area contributed by atoms with Crippen molar-refractivity contribution in [3.05, 3.63) is 34.9 Å². The molecule has 1 heterocycles. The molecule has 1 unspecified atom stereocenters. The molecular formula is C18H29NO. The summed E-state index contributed by atoms with van der Waals surface area (Å²) in [4.78, 5) is 2.43. The van der Waals surface area contributed by atoms with Crippen LogP contribution in [0.2, 0.25) is 0 Å². The lowest BCUT2D eigenvalue weighted by molar-refractivity contribution is 0.0878. The van der Waals surface area contributed by atoms with Crippen LogP contribution in [0, 0.1) is 19.8 Å². The maximum atomic E-state index is 10.4. The van der Waals surface area contributed by atoms with Gasteiger partial charge in [0.1, 0.15) is 0 Å². The molecule has 0 saturated carbocycles. The van der Waals surface area contributed by atoms with Crippen LogP contribution >= 0.6 is 0 Å². The maximum Gasteiger partial charge on any atom is 0.0917 e. The van der Waals surface area contributed by atoms with E-state index < -0.39 is 0 Å². The number of rotatable bonds is 5. The monoisotopic (exact) mass is 275 g/mol. The van der Waals surface area contributed by atoms with Crippen molar-refractivity contribution in [2.45, 2.75) is 52.6 Å². The third-order valence-corrected chi connectivity index (χ3v) is 4.46. The molecule has 0 aliphatic carbocycles. The van der Waals surface area contributed by atoms with Gasteiger partial charge in [0.15, 0.2) is 0 Å². The minimum atomic E-state index is -0.351. The van der Waals surface area contributed by atoms with E-state index in [2.05, 4.69) is 43.9 Å². The Hall–Kier alpha value is -0.860. The molecule has 1 saturated heterocycles. The molecule has 0 bridgehead atoms. The number of benzene rings is 1. The van der Waals surface area contributed by atoms with Gasteiger partial charge in [0.25, 0.3) is 0 Å². The van der Waals surface area contributed by atoms with E-state index in [9.17, 15) is 5.11 Å². The van der Waals surface area contributed by atoms with Crippen molar-refractivity contribution >= 4 is 0 Å². The number of nitrogens with zero attached hydrogens (tertiary/aromatic N) is 1. The van der Waals surface area contributed by atoms with Crippen LogP contribution in [0.5, 0.6) is 0 Å². The third-order valence-electron chi connectivity index (χ3n) is 4.46. The maximum absolute atomic E-state index is 10.4. The SMILES string of the molecule is CCCC1CCN(CC(O)c2cc(C)cc(C)c2)CC1. The number of hydrogen-bond donors (Lipinski definition) is 1. The van der Waals surface area contributed by atoms with Gasteiger partial charge >= 0.3 is 0 Å². The Morgan fingerprint density at radius 2 is 1.75 bits per heavy atom. The van der Waals surface area contributed by atoms with Crippen LogP contribution in [-0.2, 0) is 0 Å². The van der Waals surface area contributed by atoms with Gasteiger partial charge in [0.2, 0.25) is 0 Å². The smallest absolute Gasteiger partial charge is 0.0917 e. The zero-order chi connectivity index (χ0) is 14.5. The molecule has 1 aliphatic heterocycles. The van der Waals surface area contributed by atoms with E-state index >= 15 is 0 Å². The lowest BCUT2D eigenvalue weighted by atomic mass is 9.92. The largest absolute Gasteiger partial charge is 0.387 e. The summed E-state index contributed by atoms with van der Waals surface area (Å²) in [5.41, 5.74) is 3.54. The summed E-state index contributed by atoms with van der Waals surface area (Å²) in [6.45, 7) is 9.54. The number of hydrogen-bond acceptors (Lipinski definition) is 2. The number of β-amino-alcohol motifs (C(OH)–C–C–N with tert-alkyl or cyclic N) is 1. The van der Waals surface area contributed by atoms with E-state index in [4.69, 9.17) is 0 Å². The second-order valence-corrected chi connectivity index (χ2v) is 6.47. The zero-order valence-electron chi connectivity index (χ0n) is 13.2. The zero-order valence-corrected chi connectivity index (χ0v) is 13.2. The van der Waals surface area contributed by atoms with Crippen LogP contribution in [0.15, 0.2) is 18.2 Å². The topological polar surface area (TPSA) is 23.5 Å². The molecule has 0 amide bonds. The van der Waals surface area contributed by atoms with Crippen molar-refractivity contribution in [3.8, 4) is 0 Å². The van der Waals surface area contributed by atoms with Gasteiger partial charge in [-0.1, -0.05) is 49.1 Å². The Bertz CT molecular complexity index is 401. The fraction of sp³-hybridized carbons (Fsp3) is 0.667. The highest BCUT2D eigenvalue weighted by Gasteiger charge is 2.21. The van der Waals surface area contributed by atoms with Crippen LogP contribution in [0.1, 0.15) is 55.4 Å². The van der Waals surface area contributed by atoms with Gasteiger partial charge in [0, 0.05) is 6.54 Å². The van der Waals surface area contributed by atoms with Gasteiger partial charge in [0.05, 0.1) is 6.10 Å². The minimum absolute atomic E-state index is 0.351. The summed E-state index contributed by atoms with van der Waals surface area (Å²) in [5.74, 6) is 0.912. The summed E-state index contributed by atoms with van der Waals surface area (Å²) in [6, 6.07) is 6.38. The molecule has 0 radical (unpaired) electrons. The fourth-order valence-electron chi connectivity index (χ4n) is 3.42. The standard InChI is InChI=1S/C18H29NO/c1-4-5-16-6-8-19(9-7-16)13-18(20)17-11-14(2)10-15(3)12-17/h10-12,16,18,20H,4-9,13H2,1-3H3. The van der Waals surface area contributed by atoms with Crippen LogP contribution in [0.4, 0.5) is 0 Å². The predicted octanol–water partition coefficient (Wildman–Crippen LogP) is 3.85. The van der Waals surface area contributed by atoms with Crippen molar-refractivity contribution in [1.29, 1.82) is 0 Å². The van der Waals surface area contributed by atoms with Gasteiger partial charge in [-0.2, -0.15) is 0 Å². The van der Waals surface area contributed by atoms with E-state index in [1.807, 2.05) is 0 Å². The first-order valence-corrected chi connectivity index (χ1v) is 8.07. The van der Waals surface area contributed by atoms with Gasteiger partial charge in [-0.3, -0.25) is 0 Å². The van der Waals surface area contributed by atoms with Crippen LogP contribution in [-0.4, -0.2) is 29.6 Å². The first kappa shape index (κ1) is 15.5. The molecule has 2 rings (SSSR count). The minimum Gasteiger partial charge on any atom is -0.387 e. The summed E-state index contributed by atoms with van der Waals surface area (Å²) < 4.78 is 0. The molecule has 1 fully saturated rings. The van der Waals surface area contributed by atoms with E-state index in [0.717, 1.165) is 31.1 Å². The molecule has 2 nitrogen and oxygen atoms in total. The van der Waals surface area contributed by atoms with E-state index in [0.29, 0.717) is 0 Å². The molecule has 1 N–H and O–H groups in total. The van der Waals surface area contributed by atoms with Crippen molar-refractivity contribution in [2.75, 3.05) is 19.6 Å². The van der Waals surface area contributed by atoms with Crippen LogP contribution in [0.25, 0.3) is 0 Å². The second-order valence-electron chi connectivity index (χ2n) is 6.47. The van der Waals surface area contributed by atoms with Crippen molar-refractivity contribution in [1.82, 2.24) is 4.90 Å². The average Bonchev–Trinajstić information content (AvgIpc) is 2.40. The quantitative estimate of drug-likeness (QED) is 0.882. The Balaban J connectivity index is 1.87. The van der Waals surface area contributed by atoms with Crippen LogP contribution < -0.4 is 0 Å². The fourth-order valence-corrected chi connectivity index (χ4v) is 3.42.